The van der Waals surface area contributed by atoms with Crippen molar-refractivity contribution < 1.29 is 0 Å². The van der Waals surface area contributed by atoms with E-state index in [1.165, 1.54) is 19.5 Å². The normalized spacial score (nSPS) is 29.5. The van der Waals surface area contributed by atoms with Crippen molar-refractivity contribution in [2.24, 2.45) is 5.92 Å². The van der Waals surface area contributed by atoms with Crippen molar-refractivity contribution in [1.82, 2.24) is 4.90 Å². The summed E-state index contributed by atoms with van der Waals surface area (Å²) in [6, 6.07) is 0. The Balaban J connectivity index is 2.55. The highest BCUT2D eigenvalue weighted by Gasteiger charge is 2.10. The van der Waals surface area contributed by atoms with Crippen LogP contribution in [0, 0.1) is 5.92 Å². The van der Waals surface area contributed by atoms with Crippen LogP contribution in [-0.4, -0.2) is 25.0 Å². The van der Waals surface area contributed by atoms with Gasteiger partial charge in [0.2, 0.25) is 0 Å². The first kappa shape index (κ1) is 7.80. The fraction of sp³-hybridized carbons (Fsp3) is 0.778. The highest BCUT2D eigenvalue weighted by Crippen LogP contribution is 2.15. The van der Waals surface area contributed by atoms with Crippen LogP contribution in [-0.2, 0) is 0 Å². The lowest BCUT2D eigenvalue weighted by Crippen LogP contribution is -2.23. The van der Waals surface area contributed by atoms with Crippen LogP contribution in [0.15, 0.2) is 11.6 Å². The minimum absolute atomic E-state index is 0.757. The fourth-order valence-electron chi connectivity index (χ4n) is 1.42. The van der Waals surface area contributed by atoms with Gasteiger partial charge in [-0.05, 0) is 26.3 Å². The van der Waals surface area contributed by atoms with Crippen LogP contribution in [0.3, 0.4) is 0 Å². The lowest BCUT2D eigenvalue weighted by molar-refractivity contribution is 0.318. The minimum atomic E-state index is 0.757. The molecule has 0 aromatic carbocycles. The Labute approximate surface area is 63.7 Å². The molecule has 0 radical (unpaired) electrons. The summed E-state index contributed by atoms with van der Waals surface area (Å²) in [5, 5.41) is 0. The van der Waals surface area contributed by atoms with E-state index in [-0.39, 0.29) is 0 Å². The van der Waals surface area contributed by atoms with E-state index in [9.17, 15) is 0 Å². The second-order valence-corrected chi connectivity index (χ2v) is 3.40. The van der Waals surface area contributed by atoms with Crippen LogP contribution >= 0.6 is 0 Å². The van der Waals surface area contributed by atoms with Gasteiger partial charge in [-0.1, -0.05) is 18.6 Å². The van der Waals surface area contributed by atoms with Crippen LogP contribution < -0.4 is 0 Å². The molecular weight excluding hydrogens is 122 g/mol. The van der Waals surface area contributed by atoms with Gasteiger partial charge >= 0.3 is 0 Å². The van der Waals surface area contributed by atoms with Crippen molar-refractivity contribution in [3.8, 4) is 0 Å². The summed E-state index contributed by atoms with van der Waals surface area (Å²) < 4.78 is 0. The number of hydrogen-bond acceptors (Lipinski definition) is 1. The maximum atomic E-state index is 2.40. The summed E-state index contributed by atoms with van der Waals surface area (Å²) in [7, 11) is 2.20. The zero-order valence-corrected chi connectivity index (χ0v) is 7.22. The van der Waals surface area contributed by atoms with E-state index in [0.29, 0.717) is 0 Å². The summed E-state index contributed by atoms with van der Waals surface area (Å²) in [4.78, 5) is 2.40. The molecule has 0 amide bonds. The van der Waals surface area contributed by atoms with E-state index < -0.39 is 0 Å². The Bertz CT molecular complexity index is 138. The Morgan fingerprint density at radius 1 is 1.60 bits per heavy atom. The van der Waals surface area contributed by atoms with Gasteiger partial charge in [0.25, 0.3) is 0 Å². The first-order valence-corrected chi connectivity index (χ1v) is 4.05. The summed E-state index contributed by atoms with van der Waals surface area (Å²) >= 11 is 0. The van der Waals surface area contributed by atoms with E-state index in [0.717, 1.165) is 5.92 Å². The Kier molecular flexibility index (Phi) is 2.50. The highest BCUT2D eigenvalue weighted by molar-refractivity contribution is 5.04. The lowest BCUT2D eigenvalue weighted by atomic mass is 10.0. The summed E-state index contributed by atoms with van der Waals surface area (Å²) in [6.07, 6.45) is 3.60. The van der Waals surface area contributed by atoms with Crippen molar-refractivity contribution in [3.05, 3.63) is 11.6 Å². The number of rotatable bonds is 0. The first-order valence-electron chi connectivity index (χ1n) is 4.05. The van der Waals surface area contributed by atoms with Gasteiger partial charge in [-0.25, -0.2) is 0 Å². The lowest BCUT2D eigenvalue weighted by Gasteiger charge is -2.17. The Hall–Kier alpha value is -0.300. The highest BCUT2D eigenvalue weighted by atomic mass is 15.1. The molecule has 0 aliphatic carbocycles. The molecule has 0 bridgehead atoms. The molecule has 1 nitrogen and oxygen atoms in total. The Morgan fingerprint density at radius 3 is 3.00 bits per heavy atom. The summed E-state index contributed by atoms with van der Waals surface area (Å²) in [6.45, 7) is 6.99. The molecule has 1 atom stereocenters. The quantitative estimate of drug-likeness (QED) is 0.463. The third-order valence-electron chi connectivity index (χ3n) is 2.34. The van der Waals surface area contributed by atoms with Crippen LogP contribution in [0.5, 0.6) is 0 Å². The largest absolute Gasteiger partial charge is 0.305 e. The van der Waals surface area contributed by atoms with Crippen molar-refractivity contribution in [2.75, 3.05) is 20.1 Å². The number of nitrogens with zero attached hydrogens (tertiary/aromatic N) is 1. The van der Waals surface area contributed by atoms with Crippen molar-refractivity contribution >= 4 is 0 Å². The van der Waals surface area contributed by atoms with E-state index in [1.54, 1.807) is 5.57 Å². The van der Waals surface area contributed by atoms with Gasteiger partial charge in [0, 0.05) is 13.1 Å². The average molecular weight is 139 g/mol. The smallest absolute Gasteiger partial charge is 0.00413 e. The Morgan fingerprint density at radius 2 is 2.30 bits per heavy atom. The number of hydrogen-bond donors (Lipinski definition) is 0. The molecule has 0 saturated carbocycles. The zero-order chi connectivity index (χ0) is 7.56. The SMILES string of the molecule is CC1=CCCN(C)CC1C. The van der Waals surface area contributed by atoms with Crippen LogP contribution in [0.2, 0.25) is 0 Å². The molecule has 0 saturated heterocycles. The maximum absolute atomic E-state index is 2.40. The molecule has 0 aromatic rings. The fourth-order valence-corrected chi connectivity index (χ4v) is 1.42. The maximum Gasteiger partial charge on any atom is 0.00413 e. The van der Waals surface area contributed by atoms with Gasteiger partial charge < -0.3 is 4.90 Å². The van der Waals surface area contributed by atoms with E-state index >= 15 is 0 Å². The van der Waals surface area contributed by atoms with Crippen LogP contribution in [0.4, 0.5) is 0 Å². The van der Waals surface area contributed by atoms with Crippen LogP contribution in [0.1, 0.15) is 20.3 Å². The topological polar surface area (TPSA) is 3.24 Å². The van der Waals surface area contributed by atoms with Gasteiger partial charge in [-0.3, -0.25) is 0 Å². The molecule has 1 unspecified atom stereocenters. The molecule has 1 heteroatoms. The van der Waals surface area contributed by atoms with E-state index in [4.69, 9.17) is 0 Å². The third-order valence-corrected chi connectivity index (χ3v) is 2.34. The van der Waals surface area contributed by atoms with Gasteiger partial charge in [-0.2, -0.15) is 0 Å². The predicted molar refractivity (Wildman–Crippen MR) is 45.0 cm³/mol. The van der Waals surface area contributed by atoms with Crippen molar-refractivity contribution in [2.45, 2.75) is 20.3 Å². The van der Waals surface area contributed by atoms with Gasteiger partial charge in [0.1, 0.15) is 0 Å². The molecule has 10 heavy (non-hydrogen) atoms. The molecule has 0 N–H and O–H groups in total. The molecule has 1 aliphatic rings. The van der Waals surface area contributed by atoms with Gasteiger partial charge in [0.15, 0.2) is 0 Å². The van der Waals surface area contributed by atoms with Crippen LogP contribution in [0.25, 0.3) is 0 Å². The molecule has 58 valence electrons. The standard InChI is InChI=1S/C9H17N/c1-8-5-4-6-10(3)7-9(8)2/h5,9H,4,6-7H2,1-3H3. The molecule has 1 aliphatic heterocycles. The predicted octanol–water partition coefficient (Wildman–Crippen LogP) is 1.90. The van der Waals surface area contributed by atoms with E-state index in [2.05, 4.69) is 31.9 Å². The van der Waals surface area contributed by atoms with Gasteiger partial charge in [-0.15, -0.1) is 0 Å². The molecule has 0 aromatic heterocycles. The monoisotopic (exact) mass is 139 g/mol. The van der Waals surface area contributed by atoms with Crippen molar-refractivity contribution in [3.63, 3.8) is 0 Å². The van der Waals surface area contributed by atoms with E-state index in [1.807, 2.05) is 0 Å². The zero-order valence-electron chi connectivity index (χ0n) is 7.22. The molecule has 0 fully saturated rings. The molecular formula is C9H17N. The minimum Gasteiger partial charge on any atom is -0.305 e. The summed E-state index contributed by atoms with van der Waals surface area (Å²) in [5.74, 6) is 0.757. The average Bonchev–Trinajstić information content (AvgIpc) is 1.96. The molecule has 1 rings (SSSR count). The third kappa shape index (κ3) is 1.84. The second kappa shape index (κ2) is 3.20. The van der Waals surface area contributed by atoms with Crippen molar-refractivity contribution in [1.29, 1.82) is 0 Å². The molecule has 1 heterocycles. The summed E-state index contributed by atoms with van der Waals surface area (Å²) in [5.41, 5.74) is 1.56. The molecule has 0 spiro atoms. The van der Waals surface area contributed by atoms with Gasteiger partial charge in [0.05, 0.1) is 0 Å². The first-order chi connectivity index (χ1) is 4.70. The second-order valence-electron chi connectivity index (χ2n) is 3.40.